The Kier molecular flexibility index (Phi) is 5.29. The largest absolute Gasteiger partial charge is 0.496 e. The second-order valence-corrected chi connectivity index (χ2v) is 7.32. The van der Waals surface area contributed by atoms with E-state index in [9.17, 15) is 14.0 Å². The normalized spacial score (nSPS) is 13.7. The van der Waals surface area contributed by atoms with Gasteiger partial charge in [-0.2, -0.15) is 0 Å². The van der Waals surface area contributed by atoms with Crippen LogP contribution in [0.1, 0.15) is 16.7 Å². The zero-order valence-corrected chi connectivity index (χ0v) is 17.4. The average Bonchev–Trinajstić information content (AvgIpc) is 3.00. The highest BCUT2D eigenvalue weighted by Crippen LogP contribution is 2.37. The molecule has 0 unspecified atom stereocenters. The van der Waals surface area contributed by atoms with Gasteiger partial charge in [0.2, 0.25) is 0 Å². The minimum atomic E-state index is -0.558. The number of ether oxygens (including phenoxy) is 1. The first-order chi connectivity index (χ1) is 14.9. The average molecular weight is 416 g/mol. The Bertz CT molecular complexity index is 1230. The molecule has 0 spiro atoms. The number of imide groups is 1. The van der Waals surface area contributed by atoms with Crippen LogP contribution in [0.3, 0.4) is 0 Å². The number of aryl methyl sites for hydroxylation is 2. The highest BCUT2D eigenvalue weighted by molar-refractivity contribution is 6.46. The summed E-state index contributed by atoms with van der Waals surface area (Å²) in [6.45, 7) is 3.86. The fraction of sp³-hybridized carbons (Fsp3) is 0.120. The van der Waals surface area contributed by atoms with Crippen LogP contribution in [-0.2, 0) is 9.59 Å². The Hall–Kier alpha value is -3.93. The molecule has 0 bridgehead atoms. The SMILES string of the molecule is COc1ccccc1C1=C(Nc2cc(C)ccc2C)C(=O)N(c2cccc(F)c2)C1=O. The van der Waals surface area contributed by atoms with E-state index in [-0.39, 0.29) is 17.0 Å². The molecule has 5 nitrogen and oxygen atoms in total. The van der Waals surface area contributed by atoms with Gasteiger partial charge in [-0.1, -0.05) is 36.4 Å². The molecule has 0 aromatic heterocycles. The van der Waals surface area contributed by atoms with Crippen LogP contribution in [-0.4, -0.2) is 18.9 Å². The standard InChI is InChI=1S/C25H21FN2O3/c1-15-11-12-16(2)20(13-15)27-23-22(19-9-4-5-10-21(19)31-3)24(29)28(25(23)30)18-8-6-7-17(26)14-18/h4-14,27H,1-3H3. The molecule has 0 fully saturated rings. The number of nitrogens with zero attached hydrogens (tertiary/aromatic N) is 1. The summed E-state index contributed by atoms with van der Waals surface area (Å²) in [5.41, 5.74) is 3.58. The Morgan fingerprint density at radius 1 is 0.903 bits per heavy atom. The van der Waals surface area contributed by atoms with Crippen LogP contribution in [0.4, 0.5) is 15.8 Å². The molecule has 156 valence electrons. The molecular weight excluding hydrogens is 395 g/mol. The van der Waals surface area contributed by atoms with Crippen molar-refractivity contribution >= 4 is 28.8 Å². The number of carbonyl (C=O) groups is 2. The molecule has 6 heteroatoms. The number of rotatable bonds is 5. The van der Waals surface area contributed by atoms with Crippen molar-refractivity contribution in [3.63, 3.8) is 0 Å². The van der Waals surface area contributed by atoms with E-state index in [2.05, 4.69) is 5.32 Å². The van der Waals surface area contributed by atoms with Crippen LogP contribution in [0.2, 0.25) is 0 Å². The van der Waals surface area contributed by atoms with Crippen LogP contribution < -0.4 is 15.0 Å². The Labute approximate surface area is 179 Å². The molecule has 0 saturated carbocycles. The third-order valence-corrected chi connectivity index (χ3v) is 5.18. The lowest BCUT2D eigenvalue weighted by Crippen LogP contribution is -2.32. The Balaban J connectivity index is 1.90. The van der Waals surface area contributed by atoms with Gasteiger partial charge in [-0.25, -0.2) is 9.29 Å². The smallest absolute Gasteiger partial charge is 0.282 e. The minimum Gasteiger partial charge on any atom is -0.496 e. The number of nitrogens with one attached hydrogen (secondary N) is 1. The minimum absolute atomic E-state index is 0.118. The summed E-state index contributed by atoms with van der Waals surface area (Å²) in [7, 11) is 1.50. The summed E-state index contributed by atoms with van der Waals surface area (Å²) >= 11 is 0. The number of halogens is 1. The molecule has 1 N–H and O–H groups in total. The maximum atomic E-state index is 13.9. The monoisotopic (exact) mass is 416 g/mol. The van der Waals surface area contributed by atoms with Gasteiger partial charge < -0.3 is 10.1 Å². The van der Waals surface area contributed by atoms with E-state index in [1.807, 2.05) is 32.0 Å². The molecular formula is C25H21FN2O3. The molecule has 4 rings (SSSR count). The predicted molar refractivity (Wildman–Crippen MR) is 118 cm³/mol. The van der Waals surface area contributed by atoms with E-state index >= 15 is 0 Å². The van der Waals surface area contributed by atoms with Crippen LogP contribution in [0.5, 0.6) is 5.75 Å². The van der Waals surface area contributed by atoms with Crippen molar-refractivity contribution in [3.8, 4) is 5.75 Å². The van der Waals surface area contributed by atoms with Crippen LogP contribution in [0, 0.1) is 19.7 Å². The van der Waals surface area contributed by atoms with Gasteiger partial charge in [0.1, 0.15) is 17.3 Å². The van der Waals surface area contributed by atoms with Gasteiger partial charge in [0.05, 0.1) is 18.4 Å². The van der Waals surface area contributed by atoms with Gasteiger partial charge in [-0.3, -0.25) is 9.59 Å². The number of hydrogen-bond donors (Lipinski definition) is 1. The van der Waals surface area contributed by atoms with E-state index < -0.39 is 17.6 Å². The Morgan fingerprint density at radius 2 is 1.68 bits per heavy atom. The zero-order valence-electron chi connectivity index (χ0n) is 17.4. The molecule has 0 saturated heterocycles. The first kappa shape index (κ1) is 20.3. The number of amides is 2. The molecule has 3 aromatic carbocycles. The van der Waals surface area contributed by atoms with E-state index in [4.69, 9.17) is 4.74 Å². The zero-order chi connectivity index (χ0) is 22.1. The lowest BCUT2D eigenvalue weighted by Gasteiger charge is -2.16. The van der Waals surface area contributed by atoms with Crippen LogP contribution in [0.25, 0.3) is 5.57 Å². The number of anilines is 2. The van der Waals surface area contributed by atoms with Crippen LogP contribution >= 0.6 is 0 Å². The van der Waals surface area contributed by atoms with Gasteiger partial charge in [0, 0.05) is 11.3 Å². The maximum absolute atomic E-state index is 13.9. The number of carbonyl (C=O) groups excluding carboxylic acids is 2. The molecule has 31 heavy (non-hydrogen) atoms. The fourth-order valence-corrected chi connectivity index (χ4v) is 3.60. The number of para-hydroxylation sites is 1. The third kappa shape index (κ3) is 3.68. The first-order valence-corrected chi connectivity index (χ1v) is 9.77. The molecule has 1 aliphatic rings. The van der Waals surface area contributed by atoms with Gasteiger partial charge in [-0.05, 0) is 55.3 Å². The van der Waals surface area contributed by atoms with Crippen molar-refractivity contribution in [1.82, 2.24) is 0 Å². The van der Waals surface area contributed by atoms with Gasteiger partial charge in [0.25, 0.3) is 11.8 Å². The highest BCUT2D eigenvalue weighted by Gasteiger charge is 2.41. The summed E-state index contributed by atoms with van der Waals surface area (Å²) < 4.78 is 19.3. The summed E-state index contributed by atoms with van der Waals surface area (Å²) in [5, 5.41) is 3.16. The second-order valence-electron chi connectivity index (χ2n) is 7.32. The van der Waals surface area contributed by atoms with Crippen LogP contribution in [0.15, 0.2) is 72.4 Å². The number of hydrogen-bond acceptors (Lipinski definition) is 4. The van der Waals surface area contributed by atoms with Crippen molar-refractivity contribution in [2.45, 2.75) is 13.8 Å². The quantitative estimate of drug-likeness (QED) is 0.604. The number of methoxy groups -OCH3 is 1. The second kappa shape index (κ2) is 8.07. The number of benzene rings is 3. The van der Waals surface area contributed by atoms with Crippen molar-refractivity contribution in [1.29, 1.82) is 0 Å². The lowest BCUT2D eigenvalue weighted by atomic mass is 10.0. The third-order valence-electron chi connectivity index (χ3n) is 5.18. The fourth-order valence-electron chi connectivity index (χ4n) is 3.60. The van der Waals surface area contributed by atoms with Gasteiger partial charge >= 0.3 is 0 Å². The van der Waals surface area contributed by atoms with Crippen molar-refractivity contribution < 1.29 is 18.7 Å². The first-order valence-electron chi connectivity index (χ1n) is 9.77. The van der Waals surface area contributed by atoms with E-state index in [0.29, 0.717) is 17.0 Å². The molecule has 0 atom stereocenters. The maximum Gasteiger partial charge on any atom is 0.282 e. The van der Waals surface area contributed by atoms with Crippen molar-refractivity contribution in [2.24, 2.45) is 0 Å². The molecule has 2 amide bonds. The summed E-state index contributed by atoms with van der Waals surface area (Å²) in [5.74, 6) is -1.18. The topological polar surface area (TPSA) is 58.6 Å². The van der Waals surface area contributed by atoms with Crippen molar-refractivity contribution in [3.05, 3.63) is 94.9 Å². The Morgan fingerprint density at radius 3 is 2.42 bits per heavy atom. The lowest BCUT2D eigenvalue weighted by molar-refractivity contribution is -0.120. The molecule has 3 aromatic rings. The molecule has 1 aliphatic heterocycles. The van der Waals surface area contributed by atoms with Gasteiger partial charge in [-0.15, -0.1) is 0 Å². The predicted octanol–water partition coefficient (Wildman–Crippen LogP) is 4.85. The molecule has 0 radical (unpaired) electrons. The summed E-state index contributed by atoms with van der Waals surface area (Å²) in [4.78, 5) is 27.9. The van der Waals surface area contributed by atoms with E-state index in [1.54, 1.807) is 24.3 Å². The van der Waals surface area contributed by atoms with Crippen molar-refractivity contribution in [2.75, 3.05) is 17.3 Å². The molecule has 0 aliphatic carbocycles. The molecule has 1 heterocycles. The van der Waals surface area contributed by atoms with E-state index in [0.717, 1.165) is 22.1 Å². The van der Waals surface area contributed by atoms with Gasteiger partial charge in [0.15, 0.2) is 0 Å². The highest BCUT2D eigenvalue weighted by atomic mass is 19.1. The summed E-state index contributed by atoms with van der Waals surface area (Å²) in [6.07, 6.45) is 0. The van der Waals surface area contributed by atoms with E-state index in [1.165, 1.54) is 25.3 Å². The summed E-state index contributed by atoms with van der Waals surface area (Å²) in [6, 6.07) is 18.2.